The van der Waals surface area contributed by atoms with Crippen molar-refractivity contribution in [2.45, 2.75) is 15.3 Å². The van der Waals surface area contributed by atoms with E-state index in [1.165, 1.54) is 42.9 Å². The van der Waals surface area contributed by atoms with Crippen LogP contribution in [-0.4, -0.2) is 63.5 Å². The van der Waals surface area contributed by atoms with Crippen molar-refractivity contribution in [2.75, 3.05) is 43.2 Å². The van der Waals surface area contributed by atoms with Gasteiger partial charge in [0.15, 0.2) is 0 Å². The van der Waals surface area contributed by atoms with Crippen LogP contribution in [-0.2, 0) is 24.3 Å². The van der Waals surface area contributed by atoms with Crippen LogP contribution in [0.15, 0.2) is 38.8 Å². The molecule has 0 unspecified atom stereocenters. The molecule has 31 heavy (non-hydrogen) atoms. The van der Waals surface area contributed by atoms with Crippen molar-refractivity contribution in [2.24, 2.45) is 0 Å². The van der Waals surface area contributed by atoms with Crippen molar-refractivity contribution in [1.82, 2.24) is 4.31 Å². The first-order valence-corrected chi connectivity index (χ1v) is 12.4. The third-order valence-electron chi connectivity index (χ3n) is 4.27. The zero-order valence-electron chi connectivity index (χ0n) is 17.1. The summed E-state index contributed by atoms with van der Waals surface area (Å²) in [5, 5.41) is 2.66. The molecule has 0 radical (unpaired) electrons. The lowest BCUT2D eigenvalue weighted by Crippen LogP contribution is -2.40. The second-order valence-corrected chi connectivity index (χ2v) is 11.3. The summed E-state index contributed by atoms with van der Waals surface area (Å²) in [5.41, 5.74) is 1.08. The third kappa shape index (κ3) is 5.09. The van der Waals surface area contributed by atoms with Crippen LogP contribution in [0.4, 0.5) is 11.4 Å². The van der Waals surface area contributed by atoms with Crippen LogP contribution in [0.2, 0.25) is 0 Å². The number of thiophene rings is 1. The Morgan fingerprint density at radius 1 is 1.26 bits per heavy atom. The van der Waals surface area contributed by atoms with Crippen molar-refractivity contribution in [1.29, 1.82) is 0 Å². The first-order valence-electron chi connectivity index (χ1n) is 9.20. The number of esters is 1. The molecule has 0 spiro atoms. The van der Waals surface area contributed by atoms with Gasteiger partial charge in [-0.05, 0) is 31.2 Å². The molecule has 1 N–H and O–H groups in total. The summed E-state index contributed by atoms with van der Waals surface area (Å²) in [4.78, 5) is 38.2. The van der Waals surface area contributed by atoms with Crippen molar-refractivity contribution in [3.8, 4) is 0 Å². The van der Waals surface area contributed by atoms with Gasteiger partial charge in [0.1, 0.15) is 10.8 Å². The van der Waals surface area contributed by atoms with Crippen LogP contribution < -0.4 is 10.2 Å². The number of amides is 2. The Morgan fingerprint density at radius 3 is 2.68 bits per heavy atom. The van der Waals surface area contributed by atoms with E-state index in [1.54, 1.807) is 25.1 Å². The topological polar surface area (TPSA) is 113 Å². The van der Waals surface area contributed by atoms with Gasteiger partial charge < -0.3 is 15.0 Å². The van der Waals surface area contributed by atoms with Crippen molar-refractivity contribution in [3.05, 3.63) is 35.9 Å². The van der Waals surface area contributed by atoms with E-state index in [9.17, 15) is 22.8 Å². The van der Waals surface area contributed by atoms with E-state index in [-0.39, 0.29) is 29.0 Å². The molecule has 1 aliphatic heterocycles. The van der Waals surface area contributed by atoms with E-state index in [1.807, 2.05) is 0 Å². The average molecular weight is 484 g/mol. The molecule has 2 aromatic rings. The number of nitrogens with zero attached hydrogens (tertiary/aromatic N) is 2. The number of sulfonamides is 1. The zero-order valence-corrected chi connectivity index (χ0v) is 19.5. The van der Waals surface area contributed by atoms with Gasteiger partial charge >= 0.3 is 5.97 Å². The molecule has 1 aliphatic rings. The highest BCUT2D eigenvalue weighted by molar-refractivity contribution is 8.02. The van der Waals surface area contributed by atoms with Gasteiger partial charge in [-0.15, -0.1) is 23.1 Å². The second kappa shape index (κ2) is 9.39. The lowest BCUT2D eigenvalue weighted by molar-refractivity contribution is -0.120. The summed E-state index contributed by atoms with van der Waals surface area (Å²) in [6.07, 6.45) is 0. The van der Waals surface area contributed by atoms with Crippen molar-refractivity contribution >= 4 is 62.3 Å². The maximum atomic E-state index is 12.6. The van der Waals surface area contributed by atoms with E-state index < -0.39 is 21.9 Å². The minimum atomic E-state index is -3.65. The Morgan fingerprint density at radius 2 is 2.00 bits per heavy atom. The number of carbonyl (C=O) groups is 3. The van der Waals surface area contributed by atoms with E-state index in [2.05, 4.69) is 5.32 Å². The van der Waals surface area contributed by atoms with E-state index in [0.717, 1.165) is 15.6 Å². The summed E-state index contributed by atoms with van der Waals surface area (Å²) in [7, 11) is -0.785. The van der Waals surface area contributed by atoms with Gasteiger partial charge in [0.05, 0.1) is 27.8 Å². The highest BCUT2D eigenvalue weighted by Gasteiger charge is 2.32. The van der Waals surface area contributed by atoms with Crippen molar-refractivity contribution in [3.63, 3.8) is 0 Å². The normalized spacial score (nSPS) is 13.8. The number of anilines is 2. The van der Waals surface area contributed by atoms with Gasteiger partial charge in [-0.25, -0.2) is 17.5 Å². The Labute approximate surface area is 188 Å². The number of hydrogen-bond acceptors (Lipinski definition) is 8. The standard InChI is InChI=1S/C19H21N3O6S3/c1-4-28-18(25)12-6-5-7-13(8-12)20-15(23)10-22-14-9-17(31(26,27)21(2)3)30-19(14)29-11-16(22)24/h5-9H,4,10-11H2,1-3H3,(H,20,23). The van der Waals surface area contributed by atoms with Crippen LogP contribution in [0.1, 0.15) is 17.3 Å². The fourth-order valence-corrected chi connectivity index (χ4v) is 6.67. The van der Waals surface area contributed by atoms with Gasteiger partial charge in [-0.1, -0.05) is 6.07 Å². The quantitative estimate of drug-likeness (QED) is 0.601. The molecule has 166 valence electrons. The number of nitrogens with one attached hydrogen (secondary N) is 1. The number of fused-ring (bicyclic) bond motifs is 1. The smallest absolute Gasteiger partial charge is 0.338 e. The molecule has 0 aliphatic carbocycles. The maximum Gasteiger partial charge on any atom is 0.338 e. The fourth-order valence-electron chi connectivity index (χ4n) is 2.74. The Hall–Kier alpha value is -2.41. The minimum absolute atomic E-state index is 0.109. The Balaban J connectivity index is 1.78. The molecule has 0 fully saturated rings. The van der Waals surface area contributed by atoms with Gasteiger partial charge in [0.25, 0.3) is 10.0 Å². The number of carbonyl (C=O) groups excluding carboxylic acids is 3. The van der Waals surface area contributed by atoms with E-state index >= 15 is 0 Å². The number of rotatable bonds is 7. The molecule has 3 rings (SSSR count). The summed E-state index contributed by atoms with van der Waals surface area (Å²) in [5.74, 6) is -1.16. The molecular formula is C19H21N3O6S3. The maximum absolute atomic E-state index is 12.6. The highest BCUT2D eigenvalue weighted by Crippen LogP contribution is 2.44. The second-order valence-electron chi connectivity index (χ2n) is 6.64. The molecule has 0 saturated heterocycles. The lowest BCUT2D eigenvalue weighted by Gasteiger charge is -2.25. The Bertz CT molecular complexity index is 1130. The van der Waals surface area contributed by atoms with Gasteiger partial charge in [0.2, 0.25) is 11.8 Å². The monoisotopic (exact) mass is 483 g/mol. The van der Waals surface area contributed by atoms with Crippen LogP contribution in [0, 0.1) is 0 Å². The van der Waals surface area contributed by atoms with Crippen LogP contribution in [0.25, 0.3) is 0 Å². The Kier molecular flexibility index (Phi) is 7.04. The molecule has 0 atom stereocenters. The lowest BCUT2D eigenvalue weighted by atomic mass is 10.2. The van der Waals surface area contributed by atoms with Crippen LogP contribution in [0.3, 0.4) is 0 Å². The van der Waals surface area contributed by atoms with Gasteiger partial charge in [0, 0.05) is 19.8 Å². The molecule has 12 heteroatoms. The molecule has 9 nitrogen and oxygen atoms in total. The number of thioether (sulfide) groups is 1. The van der Waals surface area contributed by atoms with Crippen molar-refractivity contribution < 1.29 is 27.5 Å². The molecule has 1 aromatic carbocycles. The first kappa shape index (κ1) is 23.3. The summed E-state index contributed by atoms with van der Waals surface area (Å²) < 4.78 is 31.7. The summed E-state index contributed by atoms with van der Waals surface area (Å²) in [6.45, 7) is 1.65. The average Bonchev–Trinajstić information content (AvgIpc) is 3.16. The molecular weight excluding hydrogens is 462 g/mol. The summed E-state index contributed by atoms with van der Waals surface area (Å²) >= 11 is 2.32. The predicted molar refractivity (Wildman–Crippen MR) is 119 cm³/mol. The van der Waals surface area contributed by atoms with Crippen LogP contribution in [0.5, 0.6) is 0 Å². The highest BCUT2D eigenvalue weighted by atomic mass is 32.3. The molecule has 2 amide bonds. The number of ether oxygens (including phenoxy) is 1. The molecule has 0 saturated carbocycles. The minimum Gasteiger partial charge on any atom is -0.462 e. The van der Waals surface area contributed by atoms with E-state index in [4.69, 9.17) is 4.74 Å². The predicted octanol–water partition coefficient (Wildman–Crippen LogP) is 2.25. The van der Waals surface area contributed by atoms with E-state index in [0.29, 0.717) is 21.1 Å². The first-order chi connectivity index (χ1) is 14.6. The fraction of sp³-hybridized carbons (Fsp3) is 0.316. The number of benzene rings is 1. The van der Waals surface area contributed by atoms with Crippen LogP contribution >= 0.6 is 23.1 Å². The third-order valence-corrected chi connectivity index (χ3v) is 8.92. The summed E-state index contributed by atoms with van der Waals surface area (Å²) in [6, 6.07) is 7.71. The largest absolute Gasteiger partial charge is 0.462 e. The number of hydrogen-bond donors (Lipinski definition) is 1. The molecule has 0 bridgehead atoms. The van der Waals surface area contributed by atoms with Gasteiger partial charge in [-0.3, -0.25) is 9.59 Å². The molecule has 2 heterocycles. The SMILES string of the molecule is CCOC(=O)c1cccc(NC(=O)CN2C(=O)CSc3sc(S(=O)(=O)N(C)C)cc32)c1. The zero-order chi connectivity index (χ0) is 22.8. The molecule has 1 aromatic heterocycles. The van der Waals surface area contributed by atoms with Gasteiger partial charge in [-0.2, -0.15) is 0 Å².